The van der Waals surface area contributed by atoms with E-state index in [1.54, 1.807) is 24.4 Å². The molecule has 0 aliphatic rings. The van der Waals surface area contributed by atoms with Gasteiger partial charge in [-0.3, -0.25) is 4.79 Å². The summed E-state index contributed by atoms with van der Waals surface area (Å²) in [7, 11) is 0. The molecule has 0 fully saturated rings. The monoisotopic (exact) mass is 378 g/mol. The van der Waals surface area contributed by atoms with E-state index in [0.717, 1.165) is 11.1 Å². The zero-order valence-corrected chi connectivity index (χ0v) is 15.7. The first-order chi connectivity index (χ1) is 12.0. The average Bonchev–Trinajstić information content (AvgIpc) is 2.55. The molecule has 0 aromatic heterocycles. The number of hydrazone groups is 1. The summed E-state index contributed by atoms with van der Waals surface area (Å²) >= 11 is 11.8. The molecule has 6 heteroatoms. The first-order valence-electron chi connectivity index (χ1n) is 7.92. The normalized spacial score (nSPS) is 10.9. The van der Waals surface area contributed by atoms with Crippen molar-refractivity contribution in [2.24, 2.45) is 5.10 Å². The summed E-state index contributed by atoms with van der Waals surface area (Å²) in [6.45, 7) is 4.43. The Morgan fingerprint density at radius 3 is 2.72 bits per heavy atom. The molecule has 1 N–H and O–H groups in total. The second-order valence-corrected chi connectivity index (χ2v) is 6.52. The van der Waals surface area contributed by atoms with Gasteiger partial charge in [-0.2, -0.15) is 5.10 Å². The topological polar surface area (TPSA) is 50.7 Å². The molecular formula is C19H20Cl2N2O2. The summed E-state index contributed by atoms with van der Waals surface area (Å²) in [6.07, 6.45) is 2.52. The van der Waals surface area contributed by atoms with Crippen LogP contribution in [0.1, 0.15) is 29.5 Å². The predicted octanol–water partition coefficient (Wildman–Crippen LogP) is 4.92. The molecule has 0 aliphatic carbocycles. The molecular weight excluding hydrogens is 359 g/mol. The summed E-state index contributed by atoms with van der Waals surface area (Å²) in [5, 5.41) is 5.00. The van der Waals surface area contributed by atoms with E-state index >= 15 is 0 Å². The highest BCUT2D eigenvalue weighted by atomic mass is 35.5. The molecule has 0 bridgehead atoms. The van der Waals surface area contributed by atoms with Gasteiger partial charge in [0, 0.05) is 11.4 Å². The van der Waals surface area contributed by atoms with Crippen LogP contribution < -0.4 is 10.2 Å². The third-order valence-corrected chi connectivity index (χ3v) is 4.05. The van der Waals surface area contributed by atoms with Gasteiger partial charge in [0.15, 0.2) is 0 Å². The number of rotatable bonds is 7. The SMILES string of the molecule is Cc1ccc(C=NNC(=O)CCCOc2ccc(Cl)cc2Cl)c(C)c1. The maximum absolute atomic E-state index is 11.8. The highest BCUT2D eigenvalue weighted by Crippen LogP contribution is 2.27. The van der Waals surface area contributed by atoms with Gasteiger partial charge in [-0.25, -0.2) is 5.43 Å². The zero-order valence-electron chi connectivity index (χ0n) is 14.2. The van der Waals surface area contributed by atoms with Crippen molar-refractivity contribution in [3.8, 4) is 5.75 Å². The number of amides is 1. The maximum Gasteiger partial charge on any atom is 0.240 e. The number of nitrogens with zero attached hydrogens (tertiary/aromatic N) is 1. The molecule has 132 valence electrons. The number of ether oxygens (including phenoxy) is 1. The van der Waals surface area contributed by atoms with E-state index in [1.807, 2.05) is 26.0 Å². The van der Waals surface area contributed by atoms with E-state index < -0.39 is 0 Å². The number of benzene rings is 2. The van der Waals surface area contributed by atoms with Crippen molar-refractivity contribution in [3.63, 3.8) is 0 Å². The van der Waals surface area contributed by atoms with Crippen molar-refractivity contribution in [3.05, 3.63) is 63.1 Å². The third kappa shape index (κ3) is 6.40. The predicted molar refractivity (Wildman–Crippen MR) is 103 cm³/mol. The first-order valence-corrected chi connectivity index (χ1v) is 8.68. The third-order valence-electron chi connectivity index (χ3n) is 3.52. The van der Waals surface area contributed by atoms with Crippen molar-refractivity contribution in [1.82, 2.24) is 5.43 Å². The average molecular weight is 379 g/mol. The number of aryl methyl sites for hydroxylation is 2. The first kappa shape index (κ1) is 19.3. The van der Waals surface area contributed by atoms with Crippen LogP contribution in [0.15, 0.2) is 41.5 Å². The molecule has 1 amide bonds. The Morgan fingerprint density at radius 2 is 2.00 bits per heavy atom. The number of hydrogen-bond acceptors (Lipinski definition) is 3. The van der Waals surface area contributed by atoms with Crippen LogP contribution in [0.2, 0.25) is 10.0 Å². The molecule has 4 nitrogen and oxygen atoms in total. The van der Waals surface area contributed by atoms with Gasteiger partial charge in [-0.15, -0.1) is 0 Å². The summed E-state index contributed by atoms with van der Waals surface area (Å²) in [4.78, 5) is 11.8. The highest BCUT2D eigenvalue weighted by Gasteiger charge is 2.04. The van der Waals surface area contributed by atoms with Gasteiger partial charge >= 0.3 is 0 Å². The number of carbonyl (C=O) groups is 1. The summed E-state index contributed by atoms with van der Waals surface area (Å²) in [5.41, 5.74) is 5.81. The standard InChI is InChI=1S/C19H20Cl2N2O2/c1-13-5-6-15(14(2)10-13)12-22-23-19(24)4-3-9-25-18-8-7-16(20)11-17(18)21/h5-8,10-12H,3-4,9H2,1-2H3,(H,23,24). The van der Waals surface area contributed by atoms with Crippen molar-refractivity contribution < 1.29 is 9.53 Å². The van der Waals surface area contributed by atoms with Crippen LogP contribution in [0, 0.1) is 13.8 Å². The molecule has 0 saturated heterocycles. The van der Waals surface area contributed by atoms with Crippen LogP contribution in [0.4, 0.5) is 0 Å². The quantitative estimate of drug-likeness (QED) is 0.422. The Morgan fingerprint density at radius 1 is 1.20 bits per heavy atom. The molecule has 0 aliphatic heterocycles. The zero-order chi connectivity index (χ0) is 18.2. The molecule has 0 spiro atoms. The van der Waals surface area contributed by atoms with Gasteiger partial charge in [0.1, 0.15) is 5.75 Å². The molecule has 0 unspecified atom stereocenters. The number of nitrogens with one attached hydrogen (secondary N) is 1. The fraction of sp³-hybridized carbons (Fsp3) is 0.263. The minimum Gasteiger partial charge on any atom is -0.492 e. The van der Waals surface area contributed by atoms with Crippen LogP contribution >= 0.6 is 23.2 Å². The summed E-state index contributed by atoms with van der Waals surface area (Å²) in [5.74, 6) is 0.395. The number of carbonyl (C=O) groups excluding carboxylic acids is 1. The lowest BCUT2D eigenvalue weighted by Gasteiger charge is -2.07. The Hall–Kier alpha value is -2.04. The van der Waals surface area contributed by atoms with Crippen LogP contribution in [-0.4, -0.2) is 18.7 Å². The Labute approximate surface area is 157 Å². The van der Waals surface area contributed by atoms with Gasteiger partial charge < -0.3 is 4.74 Å². The largest absolute Gasteiger partial charge is 0.492 e. The number of hydrogen-bond donors (Lipinski definition) is 1. The molecule has 25 heavy (non-hydrogen) atoms. The molecule has 0 atom stereocenters. The van der Waals surface area contributed by atoms with E-state index in [4.69, 9.17) is 27.9 Å². The Bertz CT molecular complexity index is 776. The van der Waals surface area contributed by atoms with Gasteiger partial charge in [-0.05, 0) is 49.6 Å². The molecule has 0 heterocycles. The van der Waals surface area contributed by atoms with Gasteiger partial charge in [0.05, 0.1) is 17.8 Å². The Kier molecular flexibility index (Phi) is 7.29. The smallest absolute Gasteiger partial charge is 0.240 e. The number of halogens is 2. The Balaban J connectivity index is 1.71. The van der Waals surface area contributed by atoms with Crippen LogP contribution in [-0.2, 0) is 4.79 Å². The fourth-order valence-electron chi connectivity index (χ4n) is 2.21. The van der Waals surface area contributed by atoms with Crippen LogP contribution in [0.3, 0.4) is 0 Å². The van der Waals surface area contributed by atoms with E-state index in [9.17, 15) is 4.79 Å². The molecule has 2 rings (SSSR count). The van der Waals surface area contributed by atoms with Crippen molar-refractivity contribution in [1.29, 1.82) is 0 Å². The summed E-state index contributed by atoms with van der Waals surface area (Å²) < 4.78 is 5.53. The van der Waals surface area contributed by atoms with E-state index in [1.165, 1.54) is 5.56 Å². The second-order valence-electron chi connectivity index (χ2n) is 5.68. The van der Waals surface area contributed by atoms with Gasteiger partial charge in [0.2, 0.25) is 5.91 Å². The van der Waals surface area contributed by atoms with E-state index in [2.05, 4.69) is 16.6 Å². The second kappa shape index (κ2) is 9.44. The van der Waals surface area contributed by atoms with Gasteiger partial charge in [-0.1, -0.05) is 47.0 Å². The van der Waals surface area contributed by atoms with E-state index in [-0.39, 0.29) is 5.91 Å². The lowest BCUT2D eigenvalue weighted by atomic mass is 10.1. The van der Waals surface area contributed by atoms with Crippen LogP contribution in [0.25, 0.3) is 0 Å². The van der Waals surface area contributed by atoms with E-state index in [0.29, 0.717) is 35.2 Å². The molecule has 2 aromatic carbocycles. The van der Waals surface area contributed by atoms with Crippen molar-refractivity contribution in [2.45, 2.75) is 26.7 Å². The van der Waals surface area contributed by atoms with Crippen molar-refractivity contribution >= 4 is 35.3 Å². The summed E-state index contributed by atoms with van der Waals surface area (Å²) in [6, 6.07) is 11.1. The highest BCUT2D eigenvalue weighted by molar-refractivity contribution is 6.35. The minimum atomic E-state index is -0.160. The molecule has 0 saturated carbocycles. The lowest BCUT2D eigenvalue weighted by molar-refractivity contribution is -0.121. The maximum atomic E-state index is 11.8. The lowest BCUT2D eigenvalue weighted by Crippen LogP contribution is -2.18. The molecule has 0 radical (unpaired) electrons. The minimum absolute atomic E-state index is 0.160. The molecule has 2 aromatic rings. The van der Waals surface area contributed by atoms with Crippen LogP contribution in [0.5, 0.6) is 5.75 Å². The van der Waals surface area contributed by atoms with Crippen molar-refractivity contribution in [2.75, 3.05) is 6.61 Å². The fourth-order valence-corrected chi connectivity index (χ4v) is 2.67. The van der Waals surface area contributed by atoms with Gasteiger partial charge in [0.25, 0.3) is 0 Å².